The summed E-state index contributed by atoms with van der Waals surface area (Å²) in [5.74, 6) is -0.874. The quantitative estimate of drug-likeness (QED) is 0.0261. The molecule has 0 aliphatic carbocycles. The smallest absolute Gasteiger partial charge is 0.306 e. The second kappa shape index (κ2) is 61.4. The standard InChI is InChI=1S/C67H118O6/c1-4-7-10-13-16-19-22-25-28-30-32-33-34-35-36-38-39-42-45-48-51-54-57-60-66(69)72-63-64(62-71-65(68)59-56-53-50-47-44-41-27-24-21-18-15-12-9-6-3)73-67(70)61-58-55-52-49-46-43-40-37-31-29-26-23-20-17-14-11-8-5-2/h7,10,16,19-20,23,25,28-29,31-33,64H,4-6,8-9,11-15,17-18,21-22,24,26-27,30,34-63H2,1-3H3/b10-7-,19-16-,23-20-,28-25-,31-29-,33-32-. The lowest BCUT2D eigenvalue weighted by atomic mass is 10.0. The molecule has 1 unspecified atom stereocenters. The molecule has 73 heavy (non-hydrogen) atoms. The summed E-state index contributed by atoms with van der Waals surface area (Å²) in [7, 11) is 0. The van der Waals surface area contributed by atoms with Crippen LogP contribution in [0.1, 0.15) is 316 Å². The van der Waals surface area contributed by atoms with E-state index < -0.39 is 6.10 Å². The molecule has 0 spiro atoms. The minimum Gasteiger partial charge on any atom is -0.462 e. The van der Waals surface area contributed by atoms with Gasteiger partial charge < -0.3 is 14.2 Å². The predicted molar refractivity (Wildman–Crippen MR) is 316 cm³/mol. The average molecular weight is 1020 g/mol. The summed E-state index contributed by atoms with van der Waals surface area (Å²) < 4.78 is 16.9. The highest BCUT2D eigenvalue weighted by Crippen LogP contribution is 2.16. The molecule has 0 aromatic carbocycles. The molecule has 0 radical (unpaired) electrons. The highest BCUT2D eigenvalue weighted by Gasteiger charge is 2.19. The molecule has 0 heterocycles. The van der Waals surface area contributed by atoms with Crippen molar-refractivity contribution in [3.63, 3.8) is 0 Å². The minimum atomic E-state index is -0.780. The molecule has 6 nitrogen and oxygen atoms in total. The molecular weight excluding hydrogens is 901 g/mol. The Labute approximate surface area is 453 Å². The van der Waals surface area contributed by atoms with Gasteiger partial charge in [0, 0.05) is 19.3 Å². The van der Waals surface area contributed by atoms with Crippen molar-refractivity contribution in [2.24, 2.45) is 0 Å². The van der Waals surface area contributed by atoms with Crippen LogP contribution in [0.2, 0.25) is 0 Å². The Balaban J connectivity index is 4.34. The summed E-state index contributed by atoms with van der Waals surface area (Å²) >= 11 is 0. The molecule has 0 aliphatic rings. The van der Waals surface area contributed by atoms with E-state index in [2.05, 4.69) is 93.7 Å². The molecule has 0 aromatic rings. The summed E-state index contributed by atoms with van der Waals surface area (Å²) in [6, 6.07) is 0. The lowest BCUT2D eigenvalue weighted by Crippen LogP contribution is -2.30. The van der Waals surface area contributed by atoms with E-state index in [0.717, 1.165) is 96.3 Å². The normalized spacial score (nSPS) is 12.5. The van der Waals surface area contributed by atoms with Gasteiger partial charge in [-0.05, 0) is 89.9 Å². The number of rotatable bonds is 57. The molecular formula is C67H118O6. The number of esters is 3. The third kappa shape index (κ3) is 59.6. The number of allylic oxidation sites excluding steroid dienone is 12. The molecule has 0 saturated carbocycles. The van der Waals surface area contributed by atoms with E-state index >= 15 is 0 Å². The molecule has 0 aliphatic heterocycles. The van der Waals surface area contributed by atoms with Gasteiger partial charge in [0.2, 0.25) is 0 Å². The van der Waals surface area contributed by atoms with Gasteiger partial charge in [-0.1, -0.05) is 280 Å². The summed E-state index contributed by atoms with van der Waals surface area (Å²) in [4.78, 5) is 38.3. The van der Waals surface area contributed by atoms with Gasteiger partial charge in [0.15, 0.2) is 6.10 Å². The van der Waals surface area contributed by atoms with Crippen LogP contribution in [0.5, 0.6) is 0 Å². The fourth-order valence-corrected chi connectivity index (χ4v) is 9.00. The van der Waals surface area contributed by atoms with Crippen LogP contribution in [0.4, 0.5) is 0 Å². The second-order valence-electron chi connectivity index (χ2n) is 20.9. The molecule has 0 aromatic heterocycles. The first kappa shape index (κ1) is 69.8. The molecule has 0 bridgehead atoms. The van der Waals surface area contributed by atoms with Gasteiger partial charge >= 0.3 is 17.9 Å². The first-order valence-electron chi connectivity index (χ1n) is 31.4. The maximum Gasteiger partial charge on any atom is 0.306 e. The maximum absolute atomic E-state index is 12.9. The van der Waals surface area contributed by atoms with E-state index in [1.807, 2.05) is 0 Å². The molecule has 0 amide bonds. The van der Waals surface area contributed by atoms with Crippen LogP contribution < -0.4 is 0 Å². The lowest BCUT2D eigenvalue weighted by Gasteiger charge is -2.18. The Kier molecular flexibility index (Phi) is 58.7. The Hall–Kier alpha value is -3.15. The van der Waals surface area contributed by atoms with E-state index in [-0.39, 0.29) is 31.1 Å². The minimum absolute atomic E-state index is 0.0766. The summed E-state index contributed by atoms with van der Waals surface area (Å²) in [6.45, 7) is 6.54. The van der Waals surface area contributed by atoms with Crippen LogP contribution in [0.25, 0.3) is 0 Å². The fourth-order valence-electron chi connectivity index (χ4n) is 9.00. The number of unbranched alkanes of at least 4 members (excludes halogenated alkanes) is 34. The first-order valence-corrected chi connectivity index (χ1v) is 31.4. The van der Waals surface area contributed by atoms with Crippen molar-refractivity contribution in [2.45, 2.75) is 322 Å². The predicted octanol–water partition coefficient (Wildman–Crippen LogP) is 21.3. The summed E-state index contributed by atoms with van der Waals surface area (Å²) in [5, 5.41) is 0. The summed E-state index contributed by atoms with van der Waals surface area (Å²) in [6.07, 6.45) is 78.9. The van der Waals surface area contributed by atoms with Gasteiger partial charge in [-0.2, -0.15) is 0 Å². The maximum atomic E-state index is 12.9. The van der Waals surface area contributed by atoms with Crippen LogP contribution >= 0.6 is 0 Å². The zero-order chi connectivity index (χ0) is 52.9. The number of hydrogen-bond acceptors (Lipinski definition) is 6. The van der Waals surface area contributed by atoms with E-state index in [0.29, 0.717) is 19.3 Å². The van der Waals surface area contributed by atoms with Crippen molar-refractivity contribution < 1.29 is 28.6 Å². The zero-order valence-electron chi connectivity index (χ0n) is 48.4. The summed E-state index contributed by atoms with van der Waals surface area (Å²) in [5.41, 5.74) is 0. The Morgan fingerprint density at radius 2 is 0.534 bits per heavy atom. The number of ether oxygens (including phenoxy) is 3. The van der Waals surface area contributed by atoms with E-state index in [1.54, 1.807) is 0 Å². The SMILES string of the molecule is CC/C=C\C/C=C\C/C=C\C/C=C\CCCCCCCCCCCCC(=O)OCC(COC(=O)CCCCCCCCCCCCCCCC)OC(=O)CCCCCCCCC/C=C\C/C=C\CCCCCC. The first-order chi connectivity index (χ1) is 36.0. The van der Waals surface area contributed by atoms with E-state index in [4.69, 9.17) is 14.2 Å². The van der Waals surface area contributed by atoms with Crippen molar-refractivity contribution in [2.75, 3.05) is 13.2 Å². The Morgan fingerprint density at radius 3 is 0.849 bits per heavy atom. The van der Waals surface area contributed by atoms with Crippen molar-refractivity contribution >= 4 is 17.9 Å². The molecule has 0 rings (SSSR count). The largest absolute Gasteiger partial charge is 0.462 e. The van der Waals surface area contributed by atoms with Crippen molar-refractivity contribution in [1.29, 1.82) is 0 Å². The van der Waals surface area contributed by atoms with Gasteiger partial charge in [0.05, 0.1) is 0 Å². The second-order valence-corrected chi connectivity index (χ2v) is 20.9. The molecule has 0 N–H and O–H groups in total. The third-order valence-corrected chi connectivity index (χ3v) is 13.7. The van der Waals surface area contributed by atoms with Crippen LogP contribution in [0.15, 0.2) is 72.9 Å². The van der Waals surface area contributed by atoms with Gasteiger partial charge in [-0.15, -0.1) is 0 Å². The van der Waals surface area contributed by atoms with Crippen LogP contribution in [-0.4, -0.2) is 37.2 Å². The third-order valence-electron chi connectivity index (χ3n) is 13.7. The monoisotopic (exact) mass is 1020 g/mol. The highest BCUT2D eigenvalue weighted by atomic mass is 16.6. The zero-order valence-corrected chi connectivity index (χ0v) is 48.4. The fraction of sp³-hybridized carbons (Fsp3) is 0.776. The number of carbonyl (C=O) groups is 3. The Bertz CT molecular complexity index is 1360. The number of carbonyl (C=O) groups excluding carboxylic acids is 3. The molecule has 1 atom stereocenters. The molecule has 0 saturated heterocycles. The van der Waals surface area contributed by atoms with Crippen molar-refractivity contribution in [3.8, 4) is 0 Å². The lowest BCUT2D eigenvalue weighted by molar-refractivity contribution is -0.167. The van der Waals surface area contributed by atoms with Crippen molar-refractivity contribution in [1.82, 2.24) is 0 Å². The van der Waals surface area contributed by atoms with Gasteiger partial charge in [0.1, 0.15) is 13.2 Å². The van der Waals surface area contributed by atoms with Crippen LogP contribution in [-0.2, 0) is 28.6 Å². The van der Waals surface area contributed by atoms with Crippen LogP contribution in [0, 0.1) is 0 Å². The molecule has 6 heteroatoms. The molecule has 0 fully saturated rings. The number of hydrogen-bond donors (Lipinski definition) is 0. The topological polar surface area (TPSA) is 78.9 Å². The molecule has 422 valence electrons. The highest BCUT2D eigenvalue weighted by molar-refractivity contribution is 5.71. The Morgan fingerprint density at radius 1 is 0.288 bits per heavy atom. The van der Waals surface area contributed by atoms with Gasteiger partial charge in [-0.3, -0.25) is 14.4 Å². The van der Waals surface area contributed by atoms with Gasteiger partial charge in [0.25, 0.3) is 0 Å². The van der Waals surface area contributed by atoms with Gasteiger partial charge in [-0.25, -0.2) is 0 Å². The van der Waals surface area contributed by atoms with E-state index in [1.165, 1.54) is 180 Å². The van der Waals surface area contributed by atoms with E-state index in [9.17, 15) is 14.4 Å². The van der Waals surface area contributed by atoms with Crippen molar-refractivity contribution in [3.05, 3.63) is 72.9 Å². The average Bonchev–Trinajstić information content (AvgIpc) is 3.39. The van der Waals surface area contributed by atoms with Crippen LogP contribution in [0.3, 0.4) is 0 Å².